The lowest BCUT2D eigenvalue weighted by Gasteiger charge is -2.17. The summed E-state index contributed by atoms with van der Waals surface area (Å²) in [6, 6.07) is 11.0. The van der Waals surface area contributed by atoms with Crippen molar-refractivity contribution >= 4 is 44.7 Å². The molecule has 5 nitrogen and oxygen atoms in total. The molecule has 1 aliphatic rings. The van der Waals surface area contributed by atoms with Gasteiger partial charge in [-0.05, 0) is 43.5 Å². The Labute approximate surface area is 167 Å². The molecule has 1 fully saturated rings. The van der Waals surface area contributed by atoms with Gasteiger partial charge in [-0.3, -0.25) is 4.90 Å². The van der Waals surface area contributed by atoms with E-state index in [1.807, 2.05) is 30.5 Å². The molecule has 9 heteroatoms. The first-order valence-corrected chi connectivity index (χ1v) is 12.1. The van der Waals surface area contributed by atoms with Crippen molar-refractivity contribution in [3.05, 3.63) is 40.7 Å². The second kappa shape index (κ2) is 8.95. The summed E-state index contributed by atoms with van der Waals surface area (Å²) in [7, 11) is -3.50. The number of halogens is 1. The normalized spacial score (nSPS) is 18.3. The molecule has 0 radical (unpaired) electrons. The van der Waals surface area contributed by atoms with Crippen LogP contribution in [0.25, 0.3) is 0 Å². The molecule has 0 spiro atoms. The maximum Gasteiger partial charge on any atom is 0.250 e. The smallest absolute Gasteiger partial charge is 0.250 e. The summed E-state index contributed by atoms with van der Waals surface area (Å²) in [5.74, 6) is 0.894. The number of rotatable bonds is 8. The van der Waals surface area contributed by atoms with Crippen LogP contribution in [0.5, 0.6) is 5.75 Å². The number of nitrogens with one attached hydrogen (secondary N) is 1. The summed E-state index contributed by atoms with van der Waals surface area (Å²) >= 11 is 8.57. The zero-order valence-corrected chi connectivity index (χ0v) is 17.6. The highest BCUT2D eigenvalue weighted by Crippen LogP contribution is 2.27. The summed E-state index contributed by atoms with van der Waals surface area (Å²) in [6.07, 6.45) is 2.82. The van der Waals surface area contributed by atoms with Crippen LogP contribution >= 0.6 is 34.7 Å². The maximum atomic E-state index is 12.4. The summed E-state index contributed by atoms with van der Waals surface area (Å²) in [5.41, 5.74) is 0. The Kier molecular flexibility index (Phi) is 6.87. The molecule has 26 heavy (non-hydrogen) atoms. The Morgan fingerprint density at radius 2 is 2.15 bits per heavy atom. The summed E-state index contributed by atoms with van der Waals surface area (Å²) in [6.45, 7) is 2.89. The van der Waals surface area contributed by atoms with Gasteiger partial charge >= 0.3 is 0 Å². The number of likely N-dealkylation sites (tertiary alicyclic amines) is 1. The molecule has 1 unspecified atom stereocenters. The van der Waals surface area contributed by atoms with Gasteiger partial charge in [0.25, 0.3) is 0 Å². The van der Waals surface area contributed by atoms with Crippen molar-refractivity contribution in [2.45, 2.75) is 21.6 Å². The molecule has 1 N–H and O–H groups in total. The van der Waals surface area contributed by atoms with E-state index in [1.165, 1.54) is 0 Å². The van der Waals surface area contributed by atoms with E-state index in [0.717, 1.165) is 41.5 Å². The van der Waals surface area contributed by atoms with Gasteiger partial charge in [0.2, 0.25) is 10.0 Å². The monoisotopic (exact) mass is 432 g/mol. The van der Waals surface area contributed by atoms with Crippen LogP contribution < -0.4 is 9.46 Å². The van der Waals surface area contributed by atoms with Crippen LogP contribution in [0.4, 0.5) is 0 Å². The van der Waals surface area contributed by atoms with Gasteiger partial charge in [0, 0.05) is 24.0 Å². The highest BCUT2D eigenvalue weighted by molar-refractivity contribution is 7.98. The van der Waals surface area contributed by atoms with Gasteiger partial charge in [0.05, 0.1) is 4.34 Å². The minimum atomic E-state index is -3.50. The first-order valence-electron chi connectivity index (χ1n) is 8.24. The molecule has 1 aromatic heterocycles. The van der Waals surface area contributed by atoms with Crippen molar-refractivity contribution in [2.75, 3.05) is 32.5 Å². The lowest BCUT2D eigenvalue weighted by atomic mass is 10.3. The zero-order chi connectivity index (χ0) is 18.6. The second-order valence-electron chi connectivity index (χ2n) is 5.97. The fourth-order valence-electron chi connectivity index (χ4n) is 2.87. The Morgan fingerprint density at radius 1 is 1.35 bits per heavy atom. The van der Waals surface area contributed by atoms with Gasteiger partial charge in [-0.2, -0.15) is 0 Å². The van der Waals surface area contributed by atoms with Crippen LogP contribution in [0.15, 0.2) is 45.5 Å². The van der Waals surface area contributed by atoms with Crippen LogP contribution in [0.3, 0.4) is 0 Å². The molecule has 1 aromatic carbocycles. The third-order valence-corrected chi connectivity index (χ3v) is 8.16. The minimum Gasteiger partial charge on any atom is -0.491 e. The summed E-state index contributed by atoms with van der Waals surface area (Å²) in [4.78, 5) is 3.34. The summed E-state index contributed by atoms with van der Waals surface area (Å²) in [5, 5.41) is 0. The molecular formula is C17H21ClN2O3S3. The van der Waals surface area contributed by atoms with Gasteiger partial charge < -0.3 is 4.74 Å². The molecule has 2 heterocycles. The van der Waals surface area contributed by atoms with Crippen molar-refractivity contribution in [3.8, 4) is 5.75 Å². The van der Waals surface area contributed by atoms with Gasteiger partial charge in [0.15, 0.2) is 0 Å². The lowest BCUT2D eigenvalue weighted by Crippen LogP contribution is -2.37. The Bertz CT molecular complexity index is 841. The number of para-hydroxylation sites is 1. The highest BCUT2D eigenvalue weighted by atomic mass is 35.5. The van der Waals surface area contributed by atoms with Crippen LogP contribution in [-0.4, -0.2) is 51.9 Å². The Hall–Kier alpha value is -0.770. The SMILES string of the molecule is CSc1ccccc1OCCN1CCC(NS(=O)(=O)c2ccc(Cl)s2)C1. The molecule has 1 atom stereocenters. The van der Waals surface area contributed by atoms with E-state index in [9.17, 15) is 8.42 Å². The van der Waals surface area contributed by atoms with E-state index in [2.05, 4.69) is 9.62 Å². The number of ether oxygens (including phenoxy) is 1. The number of thiophene rings is 1. The van der Waals surface area contributed by atoms with Gasteiger partial charge in [-0.1, -0.05) is 23.7 Å². The molecular weight excluding hydrogens is 412 g/mol. The van der Waals surface area contributed by atoms with Crippen LogP contribution in [0.1, 0.15) is 6.42 Å². The Morgan fingerprint density at radius 3 is 2.88 bits per heavy atom. The number of nitrogens with zero attached hydrogens (tertiary/aromatic N) is 1. The molecule has 0 amide bonds. The van der Waals surface area contributed by atoms with Crippen LogP contribution in [0, 0.1) is 0 Å². The van der Waals surface area contributed by atoms with E-state index in [-0.39, 0.29) is 10.3 Å². The average Bonchev–Trinajstić information content (AvgIpc) is 3.24. The molecule has 0 bridgehead atoms. The van der Waals surface area contributed by atoms with E-state index < -0.39 is 10.0 Å². The largest absolute Gasteiger partial charge is 0.491 e. The van der Waals surface area contributed by atoms with E-state index in [0.29, 0.717) is 17.5 Å². The van der Waals surface area contributed by atoms with E-state index in [4.69, 9.17) is 16.3 Å². The first kappa shape index (κ1) is 20.0. The topological polar surface area (TPSA) is 58.6 Å². The van der Waals surface area contributed by atoms with E-state index in [1.54, 1.807) is 23.9 Å². The predicted molar refractivity (Wildman–Crippen MR) is 108 cm³/mol. The minimum absolute atomic E-state index is 0.0839. The molecule has 1 aliphatic heterocycles. The second-order valence-corrected chi connectivity index (χ2v) is 10.5. The number of hydrogen-bond acceptors (Lipinski definition) is 6. The fraction of sp³-hybridized carbons (Fsp3) is 0.412. The maximum absolute atomic E-state index is 12.4. The number of thioether (sulfide) groups is 1. The molecule has 0 saturated carbocycles. The third kappa shape index (κ3) is 5.15. The summed E-state index contributed by atoms with van der Waals surface area (Å²) < 4.78 is 34.1. The van der Waals surface area contributed by atoms with Gasteiger partial charge in [-0.25, -0.2) is 13.1 Å². The van der Waals surface area contributed by atoms with Crippen LogP contribution in [-0.2, 0) is 10.0 Å². The molecule has 142 valence electrons. The predicted octanol–water partition coefficient (Wildman–Crippen LogP) is 3.56. The van der Waals surface area contributed by atoms with Crippen molar-refractivity contribution in [2.24, 2.45) is 0 Å². The molecule has 0 aliphatic carbocycles. The van der Waals surface area contributed by atoms with Gasteiger partial charge in [0.1, 0.15) is 16.6 Å². The number of sulfonamides is 1. The fourth-order valence-corrected chi connectivity index (χ4v) is 6.18. The number of benzene rings is 1. The highest BCUT2D eigenvalue weighted by Gasteiger charge is 2.27. The first-order chi connectivity index (χ1) is 12.5. The molecule has 1 saturated heterocycles. The van der Waals surface area contributed by atoms with Crippen molar-refractivity contribution in [3.63, 3.8) is 0 Å². The van der Waals surface area contributed by atoms with Gasteiger partial charge in [-0.15, -0.1) is 23.1 Å². The van der Waals surface area contributed by atoms with Crippen molar-refractivity contribution in [1.82, 2.24) is 9.62 Å². The van der Waals surface area contributed by atoms with Crippen molar-refractivity contribution in [1.29, 1.82) is 0 Å². The third-order valence-electron chi connectivity index (χ3n) is 4.14. The standard InChI is InChI=1S/C17H21ClN2O3S3/c1-24-15-5-3-2-4-14(15)23-11-10-20-9-8-13(12-20)19-26(21,22)17-7-6-16(18)25-17/h2-7,13,19H,8-12H2,1H3. The quantitative estimate of drug-likeness (QED) is 0.646. The Balaban J connectivity index is 1.47. The molecule has 2 aromatic rings. The average molecular weight is 433 g/mol. The number of hydrogen-bond donors (Lipinski definition) is 1. The van der Waals surface area contributed by atoms with Crippen LogP contribution in [0.2, 0.25) is 4.34 Å². The van der Waals surface area contributed by atoms with E-state index >= 15 is 0 Å². The lowest BCUT2D eigenvalue weighted by molar-refractivity contribution is 0.232. The zero-order valence-electron chi connectivity index (χ0n) is 14.4. The van der Waals surface area contributed by atoms with Crippen molar-refractivity contribution < 1.29 is 13.2 Å². The molecule has 3 rings (SSSR count).